The van der Waals surface area contributed by atoms with Gasteiger partial charge in [-0.05, 0) is 56.1 Å². The molecule has 1 N–H and O–H groups in total. The van der Waals surface area contributed by atoms with Crippen molar-refractivity contribution in [1.29, 1.82) is 0 Å². The van der Waals surface area contributed by atoms with Crippen LogP contribution >= 0.6 is 0 Å². The van der Waals surface area contributed by atoms with Gasteiger partial charge >= 0.3 is 0 Å². The van der Waals surface area contributed by atoms with E-state index in [1.54, 1.807) is 6.07 Å². The van der Waals surface area contributed by atoms with Gasteiger partial charge in [0.15, 0.2) is 0 Å². The third kappa shape index (κ3) is 1.95. The fourth-order valence-corrected chi connectivity index (χ4v) is 2.72. The summed E-state index contributed by atoms with van der Waals surface area (Å²) in [5.74, 6) is 1.18. The predicted octanol–water partition coefficient (Wildman–Crippen LogP) is 2.97. The third-order valence-electron chi connectivity index (χ3n) is 3.60. The maximum atomic E-state index is 13.3. The van der Waals surface area contributed by atoms with Crippen LogP contribution in [0.5, 0.6) is 0 Å². The van der Waals surface area contributed by atoms with Gasteiger partial charge in [0.1, 0.15) is 5.82 Å². The summed E-state index contributed by atoms with van der Waals surface area (Å²) >= 11 is 0. The zero-order valence-electron chi connectivity index (χ0n) is 10.2. The second kappa shape index (κ2) is 3.84. The number of aromatic nitrogens is 1. The van der Waals surface area contributed by atoms with Crippen LogP contribution in [0.4, 0.5) is 4.39 Å². The van der Waals surface area contributed by atoms with Crippen LogP contribution in [0.2, 0.25) is 0 Å². The van der Waals surface area contributed by atoms with Crippen molar-refractivity contribution in [3.8, 4) is 0 Å². The molecule has 3 rings (SSSR count). The van der Waals surface area contributed by atoms with Crippen molar-refractivity contribution in [3.05, 3.63) is 35.8 Å². The second-order valence-electron chi connectivity index (χ2n) is 5.30. The number of aromatic amines is 1. The van der Waals surface area contributed by atoms with Crippen LogP contribution in [0, 0.1) is 11.7 Å². The highest BCUT2D eigenvalue weighted by Crippen LogP contribution is 2.49. The molecule has 2 atom stereocenters. The summed E-state index contributed by atoms with van der Waals surface area (Å²) in [6.45, 7) is 1.12. The molecule has 0 radical (unpaired) electrons. The zero-order valence-corrected chi connectivity index (χ0v) is 10.2. The summed E-state index contributed by atoms with van der Waals surface area (Å²) in [7, 11) is 4.20. The fourth-order valence-electron chi connectivity index (χ4n) is 2.72. The van der Waals surface area contributed by atoms with Crippen LogP contribution in [0.25, 0.3) is 10.9 Å². The normalized spacial score (nSPS) is 23.5. The molecule has 0 saturated heterocycles. The molecular formula is C14H17FN2. The minimum Gasteiger partial charge on any atom is -0.361 e. The quantitative estimate of drug-likeness (QED) is 0.862. The lowest BCUT2D eigenvalue weighted by Crippen LogP contribution is -2.15. The molecule has 17 heavy (non-hydrogen) atoms. The summed E-state index contributed by atoms with van der Waals surface area (Å²) in [5, 5.41) is 1.05. The number of H-pyrrole nitrogens is 1. The molecule has 1 unspecified atom stereocenters. The predicted molar refractivity (Wildman–Crippen MR) is 67.7 cm³/mol. The molecule has 0 aliphatic heterocycles. The Balaban J connectivity index is 1.89. The lowest BCUT2D eigenvalue weighted by atomic mass is 10.1. The van der Waals surface area contributed by atoms with Gasteiger partial charge in [0.25, 0.3) is 0 Å². The Morgan fingerprint density at radius 2 is 2.24 bits per heavy atom. The van der Waals surface area contributed by atoms with E-state index in [1.807, 2.05) is 12.3 Å². The van der Waals surface area contributed by atoms with Gasteiger partial charge in [-0.15, -0.1) is 0 Å². The maximum absolute atomic E-state index is 13.3. The lowest BCUT2D eigenvalue weighted by molar-refractivity contribution is 0.385. The molecule has 1 aliphatic rings. The smallest absolute Gasteiger partial charge is 0.123 e. The molecule has 90 valence electrons. The molecular weight excluding hydrogens is 215 g/mol. The average molecular weight is 232 g/mol. The molecule has 2 aromatic rings. The van der Waals surface area contributed by atoms with Gasteiger partial charge < -0.3 is 9.88 Å². The summed E-state index contributed by atoms with van der Waals surface area (Å²) in [5.41, 5.74) is 2.32. The zero-order chi connectivity index (χ0) is 12.0. The second-order valence-corrected chi connectivity index (χ2v) is 5.30. The van der Waals surface area contributed by atoms with Crippen molar-refractivity contribution >= 4 is 10.9 Å². The fraction of sp³-hybridized carbons (Fsp3) is 0.429. The molecule has 1 saturated carbocycles. The molecule has 0 spiro atoms. The first kappa shape index (κ1) is 10.8. The Bertz CT molecular complexity index is 544. The van der Waals surface area contributed by atoms with Gasteiger partial charge in [0, 0.05) is 23.6 Å². The van der Waals surface area contributed by atoms with E-state index in [0.29, 0.717) is 5.92 Å². The molecule has 3 heteroatoms. The van der Waals surface area contributed by atoms with Crippen LogP contribution in [-0.4, -0.2) is 30.5 Å². The maximum Gasteiger partial charge on any atom is 0.123 e. The summed E-state index contributed by atoms with van der Waals surface area (Å²) < 4.78 is 13.3. The van der Waals surface area contributed by atoms with Crippen LogP contribution in [0.1, 0.15) is 17.9 Å². The highest BCUT2D eigenvalue weighted by Gasteiger charge is 2.39. The number of benzene rings is 1. The SMILES string of the molecule is CN(C)CC1C[C@H]1c1c[nH]c2ccc(F)cc12. The van der Waals surface area contributed by atoms with Crippen molar-refractivity contribution in [2.45, 2.75) is 12.3 Å². The first-order valence-corrected chi connectivity index (χ1v) is 6.06. The van der Waals surface area contributed by atoms with Gasteiger partial charge in [-0.2, -0.15) is 0 Å². The van der Waals surface area contributed by atoms with Gasteiger partial charge in [-0.25, -0.2) is 4.39 Å². The number of nitrogens with one attached hydrogen (secondary N) is 1. The van der Waals surface area contributed by atoms with Crippen molar-refractivity contribution in [2.75, 3.05) is 20.6 Å². The molecule has 0 bridgehead atoms. The Labute approximate surface area is 100 Å². The Hall–Kier alpha value is -1.35. The molecule has 2 nitrogen and oxygen atoms in total. The summed E-state index contributed by atoms with van der Waals surface area (Å²) in [4.78, 5) is 5.45. The number of nitrogens with zero attached hydrogens (tertiary/aromatic N) is 1. The van der Waals surface area contributed by atoms with Gasteiger partial charge in [0.05, 0.1) is 0 Å². The van der Waals surface area contributed by atoms with Crippen LogP contribution < -0.4 is 0 Å². The van der Waals surface area contributed by atoms with Crippen molar-refractivity contribution < 1.29 is 4.39 Å². The third-order valence-corrected chi connectivity index (χ3v) is 3.60. The highest BCUT2D eigenvalue weighted by atomic mass is 19.1. The van der Waals surface area contributed by atoms with Crippen LogP contribution in [-0.2, 0) is 0 Å². The van der Waals surface area contributed by atoms with E-state index in [0.717, 1.165) is 23.4 Å². The molecule has 0 amide bonds. The van der Waals surface area contributed by atoms with Crippen molar-refractivity contribution in [1.82, 2.24) is 9.88 Å². The highest BCUT2D eigenvalue weighted by molar-refractivity contribution is 5.84. The monoisotopic (exact) mass is 232 g/mol. The van der Waals surface area contributed by atoms with E-state index in [4.69, 9.17) is 0 Å². The largest absolute Gasteiger partial charge is 0.361 e. The molecule has 1 aliphatic carbocycles. The van der Waals surface area contributed by atoms with E-state index in [1.165, 1.54) is 18.1 Å². The molecule has 1 aromatic carbocycles. The number of rotatable bonds is 3. The number of hydrogen-bond acceptors (Lipinski definition) is 1. The van der Waals surface area contributed by atoms with Crippen molar-refractivity contribution in [3.63, 3.8) is 0 Å². The van der Waals surface area contributed by atoms with Gasteiger partial charge in [-0.1, -0.05) is 0 Å². The van der Waals surface area contributed by atoms with E-state index < -0.39 is 0 Å². The average Bonchev–Trinajstić information content (AvgIpc) is 2.88. The lowest BCUT2D eigenvalue weighted by Gasteiger charge is -2.08. The minimum atomic E-state index is -0.150. The van der Waals surface area contributed by atoms with E-state index in [-0.39, 0.29) is 5.82 Å². The standard InChI is InChI=1S/C14H17FN2/c1-17(2)8-9-5-11(9)13-7-16-14-4-3-10(15)6-12(13)14/h3-4,6-7,9,11,16H,5,8H2,1-2H3/t9?,11-/m1/s1. The van der Waals surface area contributed by atoms with Gasteiger partial charge in [0.2, 0.25) is 0 Å². The van der Waals surface area contributed by atoms with Crippen LogP contribution in [0.3, 0.4) is 0 Å². The Morgan fingerprint density at radius 1 is 1.41 bits per heavy atom. The summed E-state index contributed by atoms with van der Waals surface area (Å²) in [6.07, 6.45) is 3.27. The topological polar surface area (TPSA) is 19.0 Å². The molecule has 1 heterocycles. The first-order valence-electron chi connectivity index (χ1n) is 6.06. The number of hydrogen-bond donors (Lipinski definition) is 1. The van der Waals surface area contributed by atoms with E-state index in [2.05, 4.69) is 24.0 Å². The van der Waals surface area contributed by atoms with Gasteiger partial charge in [-0.3, -0.25) is 0 Å². The first-order chi connectivity index (χ1) is 8.15. The molecule has 1 aromatic heterocycles. The van der Waals surface area contributed by atoms with Crippen molar-refractivity contribution in [2.24, 2.45) is 5.92 Å². The summed E-state index contributed by atoms with van der Waals surface area (Å²) in [6, 6.07) is 4.97. The Kier molecular flexibility index (Phi) is 2.44. The Morgan fingerprint density at radius 3 is 3.00 bits per heavy atom. The minimum absolute atomic E-state index is 0.150. The van der Waals surface area contributed by atoms with E-state index >= 15 is 0 Å². The van der Waals surface area contributed by atoms with E-state index in [9.17, 15) is 4.39 Å². The number of fused-ring (bicyclic) bond motifs is 1. The van der Waals surface area contributed by atoms with Crippen LogP contribution in [0.15, 0.2) is 24.4 Å². The number of halogens is 1. The molecule has 1 fully saturated rings.